The lowest BCUT2D eigenvalue weighted by Gasteiger charge is -2.04. The van der Waals surface area contributed by atoms with Crippen LogP contribution in [0.4, 0.5) is 0 Å². The SMILES string of the molecule is CCCCCNC(=O)c1ccc(C)nc1. The van der Waals surface area contributed by atoms with E-state index in [9.17, 15) is 4.79 Å². The van der Waals surface area contributed by atoms with Gasteiger partial charge in [-0.1, -0.05) is 19.8 Å². The molecular formula is C12H18N2O. The van der Waals surface area contributed by atoms with Gasteiger partial charge in [-0.15, -0.1) is 0 Å². The molecule has 3 heteroatoms. The Balaban J connectivity index is 2.37. The maximum Gasteiger partial charge on any atom is 0.252 e. The number of nitrogens with one attached hydrogen (secondary N) is 1. The van der Waals surface area contributed by atoms with Gasteiger partial charge in [0.15, 0.2) is 0 Å². The Bertz CT molecular complexity index is 306. The Morgan fingerprint density at radius 2 is 2.20 bits per heavy atom. The van der Waals surface area contributed by atoms with E-state index < -0.39 is 0 Å². The van der Waals surface area contributed by atoms with Crippen molar-refractivity contribution in [3.63, 3.8) is 0 Å². The smallest absolute Gasteiger partial charge is 0.252 e. The van der Waals surface area contributed by atoms with Gasteiger partial charge in [-0.2, -0.15) is 0 Å². The predicted molar refractivity (Wildman–Crippen MR) is 60.8 cm³/mol. The van der Waals surface area contributed by atoms with Crippen LogP contribution in [0.5, 0.6) is 0 Å². The third-order valence-electron chi connectivity index (χ3n) is 2.24. The van der Waals surface area contributed by atoms with E-state index in [1.54, 1.807) is 12.3 Å². The van der Waals surface area contributed by atoms with E-state index in [0.29, 0.717) is 5.56 Å². The molecule has 0 saturated carbocycles. The van der Waals surface area contributed by atoms with Gasteiger partial charge in [-0.05, 0) is 25.5 Å². The molecule has 1 heterocycles. The number of rotatable bonds is 5. The van der Waals surface area contributed by atoms with Crippen molar-refractivity contribution in [3.05, 3.63) is 29.6 Å². The monoisotopic (exact) mass is 206 g/mol. The lowest BCUT2D eigenvalue weighted by Crippen LogP contribution is -2.24. The van der Waals surface area contributed by atoms with Crippen LogP contribution in [0, 0.1) is 6.92 Å². The molecule has 0 radical (unpaired) electrons. The molecule has 0 aliphatic carbocycles. The number of amides is 1. The van der Waals surface area contributed by atoms with E-state index in [1.807, 2.05) is 13.0 Å². The zero-order valence-corrected chi connectivity index (χ0v) is 9.42. The van der Waals surface area contributed by atoms with Gasteiger partial charge in [0.25, 0.3) is 5.91 Å². The average molecular weight is 206 g/mol. The molecule has 1 aromatic rings. The topological polar surface area (TPSA) is 42.0 Å². The minimum Gasteiger partial charge on any atom is -0.352 e. The fourth-order valence-corrected chi connectivity index (χ4v) is 1.28. The van der Waals surface area contributed by atoms with Crippen molar-refractivity contribution in [2.75, 3.05) is 6.54 Å². The van der Waals surface area contributed by atoms with Gasteiger partial charge in [0.1, 0.15) is 0 Å². The minimum atomic E-state index is -0.0291. The van der Waals surface area contributed by atoms with Crippen LogP contribution in [0.25, 0.3) is 0 Å². The second-order valence-corrected chi connectivity index (χ2v) is 3.65. The van der Waals surface area contributed by atoms with Crippen LogP contribution in [0.2, 0.25) is 0 Å². The van der Waals surface area contributed by atoms with E-state index in [2.05, 4.69) is 17.2 Å². The molecule has 0 atom stereocenters. The summed E-state index contributed by atoms with van der Waals surface area (Å²) < 4.78 is 0. The maximum atomic E-state index is 11.6. The highest BCUT2D eigenvalue weighted by molar-refractivity contribution is 5.93. The lowest BCUT2D eigenvalue weighted by atomic mass is 10.2. The Hall–Kier alpha value is -1.38. The Kier molecular flexibility index (Phi) is 4.81. The molecule has 0 bridgehead atoms. The van der Waals surface area contributed by atoms with E-state index in [0.717, 1.165) is 25.1 Å². The lowest BCUT2D eigenvalue weighted by molar-refractivity contribution is 0.0952. The van der Waals surface area contributed by atoms with Crippen molar-refractivity contribution in [1.29, 1.82) is 0 Å². The molecule has 1 aromatic heterocycles. The van der Waals surface area contributed by atoms with Crippen molar-refractivity contribution in [1.82, 2.24) is 10.3 Å². The van der Waals surface area contributed by atoms with Gasteiger partial charge < -0.3 is 5.32 Å². The van der Waals surface area contributed by atoms with Crippen LogP contribution in [0.1, 0.15) is 42.2 Å². The first kappa shape index (κ1) is 11.7. The summed E-state index contributed by atoms with van der Waals surface area (Å²) in [5, 5.41) is 2.87. The number of unbranched alkanes of at least 4 members (excludes halogenated alkanes) is 2. The number of aryl methyl sites for hydroxylation is 1. The third-order valence-corrected chi connectivity index (χ3v) is 2.24. The van der Waals surface area contributed by atoms with Crippen LogP contribution >= 0.6 is 0 Å². The van der Waals surface area contributed by atoms with E-state index >= 15 is 0 Å². The molecule has 1 N–H and O–H groups in total. The summed E-state index contributed by atoms with van der Waals surface area (Å²) in [7, 11) is 0. The summed E-state index contributed by atoms with van der Waals surface area (Å²) in [4.78, 5) is 15.7. The average Bonchev–Trinajstić information content (AvgIpc) is 2.25. The quantitative estimate of drug-likeness (QED) is 0.751. The summed E-state index contributed by atoms with van der Waals surface area (Å²) in [5.41, 5.74) is 1.56. The largest absolute Gasteiger partial charge is 0.352 e. The Morgan fingerprint density at radius 1 is 1.40 bits per heavy atom. The molecule has 0 aliphatic heterocycles. The van der Waals surface area contributed by atoms with Crippen molar-refractivity contribution in [3.8, 4) is 0 Å². The molecule has 0 aliphatic rings. The zero-order valence-electron chi connectivity index (χ0n) is 9.42. The van der Waals surface area contributed by atoms with Crippen LogP contribution in [0.15, 0.2) is 18.3 Å². The standard InChI is InChI=1S/C12H18N2O/c1-3-4-5-8-13-12(15)11-7-6-10(2)14-9-11/h6-7,9H,3-5,8H2,1-2H3,(H,13,15). The second-order valence-electron chi connectivity index (χ2n) is 3.65. The Morgan fingerprint density at radius 3 is 2.80 bits per heavy atom. The number of hydrogen-bond donors (Lipinski definition) is 1. The van der Waals surface area contributed by atoms with Gasteiger partial charge in [-0.3, -0.25) is 9.78 Å². The summed E-state index contributed by atoms with van der Waals surface area (Å²) in [6.45, 7) is 4.80. The summed E-state index contributed by atoms with van der Waals surface area (Å²) in [5.74, 6) is -0.0291. The third kappa shape index (κ3) is 4.11. The number of aromatic nitrogens is 1. The normalized spacial score (nSPS) is 10.0. The molecule has 82 valence electrons. The molecule has 0 fully saturated rings. The summed E-state index contributed by atoms with van der Waals surface area (Å²) in [6, 6.07) is 3.65. The first-order valence-corrected chi connectivity index (χ1v) is 5.45. The molecule has 0 aromatic carbocycles. The van der Waals surface area contributed by atoms with E-state index in [4.69, 9.17) is 0 Å². The zero-order chi connectivity index (χ0) is 11.1. The van der Waals surface area contributed by atoms with E-state index in [1.165, 1.54) is 6.42 Å². The van der Waals surface area contributed by atoms with Crippen molar-refractivity contribution >= 4 is 5.91 Å². The van der Waals surface area contributed by atoms with Crippen molar-refractivity contribution < 1.29 is 4.79 Å². The van der Waals surface area contributed by atoms with Gasteiger partial charge >= 0.3 is 0 Å². The van der Waals surface area contributed by atoms with Crippen LogP contribution in [-0.4, -0.2) is 17.4 Å². The molecule has 1 rings (SSSR count). The fraction of sp³-hybridized carbons (Fsp3) is 0.500. The number of pyridine rings is 1. The number of nitrogens with zero attached hydrogens (tertiary/aromatic N) is 1. The van der Waals surface area contributed by atoms with E-state index in [-0.39, 0.29) is 5.91 Å². The molecule has 3 nitrogen and oxygen atoms in total. The molecule has 0 saturated heterocycles. The van der Waals surface area contributed by atoms with Crippen LogP contribution in [-0.2, 0) is 0 Å². The van der Waals surface area contributed by atoms with Crippen molar-refractivity contribution in [2.24, 2.45) is 0 Å². The van der Waals surface area contributed by atoms with Gasteiger partial charge in [0.2, 0.25) is 0 Å². The van der Waals surface area contributed by atoms with Crippen LogP contribution < -0.4 is 5.32 Å². The molecular weight excluding hydrogens is 188 g/mol. The fourth-order valence-electron chi connectivity index (χ4n) is 1.28. The van der Waals surface area contributed by atoms with Crippen molar-refractivity contribution in [2.45, 2.75) is 33.1 Å². The summed E-state index contributed by atoms with van der Waals surface area (Å²) >= 11 is 0. The molecule has 0 unspecified atom stereocenters. The summed E-state index contributed by atoms with van der Waals surface area (Å²) in [6.07, 6.45) is 4.99. The van der Waals surface area contributed by atoms with Gasteiger partial charge in [0.05, 0.1) is 5.56 Å². The first-order valence-electron chi connectivity index (χ1n) is 5.45. The highest BCUT2D eigenvalue weighted by Gasteiger charge is 2.03. The first-order chi connectivity index (χ1) is 7.24. The van der Waals surface area contributed by atoms with Crippen LogP contribution in [0.3, 0.4) is 0 Å². The molecule has 1 amide bonds. The molecule has 15 heavy (non-hydrogen) atoms. The maximum absolute atomic E-state index is 11.6. The number of carbonyl (C=O) groups is 1. The predicted octanol–water partition coefficient (Wildman–Crippen LogP) is 2.31. The van der Waals surface area contributed by atoms with Gasteiger partial charge in [0, 0.05) is 18.4 Å². The second kappa shape index (κ2) is 6.17. The van der Waals surface area contributed by atoms with Gasteiger partial charge in [-0.25, -0.2) is 0 Å². The Labute approximate surface area is 90.9 Å². The number of carbonyl (C=O) groups excluding carboxylic acids is 1. The highest BCUT2D eigenvalue weighted by atomic mass is 16.1. The molecule has 0 spiro atoms. The highest BCUT2D eigenvalue weighted by Crippen LogP contribution is 1.99. The minimum absolute atomic E-state index is 0.0291. The number of hydrogen-bond acceptors (Lipinski definition) is 2.